The summed E-state index contributed by atoms with van der Waals surface area (Å²) >= 11 is 4.80. The monoisotopic (exact) mass is 702 g/mol. The lowest BCUT2D eigenvalue weighted by atomic mass is 9.95. The zero-order chi connectivity index (χ0) is 32.7. The van der Waals surface area contributed by atoms with Gasteiger partial charge in [0.05, 0.1) is 55.4 Å². The van der Waals surface area contributed by atoms with Gasteiger partial charge in [-0.05, 0) is 76.1 Å². The smallest absolute Gasteiger partial charge is 0.343 e. The van der Waals surface area contributed by atoms with Gasteiger partial charge < -0.3 is 28.4 Å². The number of halogens is 1. The predicted octanol–water partition coefficient (Wildman–Crippen LogP) is 4.31. The van der Waals surface area contributed by atoms with E-state index in [0.29, 0.717) is 73.4 Å². The van der Waals surface area contributed by atoms with Gasteiger partial charge in [0, 0.05) is 4.47 Å². The highest BCUT2D eigenvalue weighted by Crippen LogP contribution is 2.37. The van der Waals surface area contributed by atoms with Crippen molar-refractivity contribution in [3.05, 3.63) is 76.9 Å². The van der Waals surface area contributed by atoms with Crippen LogP contribution < -0.4 is 33.8 Å². The maximum atomic E-state index is 14.1. The zero-order valence-electron chi connectivity index (χ0n) is 25.9. The molecule has 0 bridgehead atoms. The van der Waals surface area contributed by atoms with Crippen molar-refractivity contribution < 1.29 is 38.0 Å². The lowest BCUT2D eigenvalue weighted by molar-refractivity contribution is -0.143. The van der Waals surface area contributed by atoms with Crippen molar-refractivity contribution in [2.75, 3.05) is 40.1 Å². The largest absolute Gasteiger partial charge is 0.490 e. The van der Waals surface area contributed by atoms with Gasteiger partial charge in [-0.2, -0.15) is 0 Å². The molecule has 4 rings (SSSR count). The number of nitrogens with zero attached hydrogens (tertiary/aromatic N) is 2. The molecule has 0 saturated carbocycles. The van der Waals surface area contributed by atoms with Gasteiger partial charge in [-0.15, -0.1) is 0 Å². The number of aromatic nitrogens is 1. The maximum absolute atomic E-state index is 14.1. The van der Waals surface area contributed by atoms with Crippen molar-refractivity contribution >= 4 is 45.3 Å². The van der Waals surface area contributed by atoms with Gasteiger partial charge in [0.25, 0.3) is 5.56 Å². The Kier molecular flexibility index (Phi) is 11.5. The molecule has 0 fully saturated rings. The second-order valence-electron chi connectivity index (χ2n) is 9.49. The Morgan fingerprint density at radius 1 is 0.933 bits per heavy atom. The molecule has 1 atom stereocenters. The van der Waals surface area contributed by atoms with Crippen molar-refractivity contribution in [2.45, 2.75) is 40.7 Å². The second-order valence-corrected chi connectivity index (χ2v) is 11.4. The van der Waals surface area contributed by atoms with Crippen LogP contribution in [0.3, 0.4) is 0 Å². The minimum atomic E-state index is -0.876. The van der Waals surface area contributed by atoms with Gasteiger partial charge in [0.15, 0.2) is 34.4 Å². The fourth-order valence-electron chi connectivity index (χ4n) is 4.72. The summed E-state index contributed by atoms with van der Waals surface area (Å²) in [7, 11) is 1.27. The van der Waals surface area contributed by atoms with Crippen LogP contribution in [0.25, 0.3) is 6.08 Å². The Bertz CT molecular complexity index is 1790. The average molecular weight is 704 g/mol. The molecule has 240 valence electrons. The molecule has 11 nitrogen and oxygen atoms in total. The third-order valence-electron chi connectivity index (χ3n) is 6.62. The van der Waals surface area contributed by atoms with Crippen LogP contribution in [0.5, 0.6) is 23.0 Å². The quantitative estimate of drug-likeness (QED) is 0.240. The molecule has 0 saturated heterocycles. The first-order valence-corrected chi connectivity index (χ1v) is 16.0. The molecule has 13 heteroatoms. The number of ether oxygens (including phenoxy) is 6. The minimum absolute atomic E-state index is 0.144. The van der Waals surface area contributed by atoms with Crippen molar-refractivity contribution in [2.24, 2.45) is 4.99 Å². The van der Waals surface area contributed by atoms with E-state index < -0.39 is 18.0 Å². The third-order valence-corrected chi connectivity index (χ3v) is 8.29. The molecule has 1 aliphatic rings. The fourth-order valence-corrected chi connectivity index (χ4v) is 6.20. The molecule has 0 N–H and O–H groups in total. The molecule has 0 amide bonds. The van der Waals surface area contributed by atoms with Crippen LogP contribution >= 0.6 is 27.3 Å². The molecular formula is C32H35BrN2O9S. The number of carbonyl (C=O) groups is 2. The molecule has 2 heterocycles. The van der Waals surface area contributed by atoms with Crippen LogP contribution in [0, 0.1) is 0 Å². The van der Waals surface area contributed by atoms with Crippen LogP contribution in [-0.4, -0.2) is 56.6 Å². The number of benzene rings is 2. The number of hydrogen-bond acceptors (Lipinski definition) is 11. The molecular weight excluding hydrogens is 668 g/mol. The molecule has 0 aliphatic carbocycles. The molecule has 0 radical (unpaired) electrons. The van der Waals surface area contributed by atoms with Gasteiger partial charge in [-0.3, -0.25) is 9.36 Å². The van der Waals surface area contributed by atoms with Crippen LogP contribution in [0.1, 0.15) is 51.8 Å². The molecule has 2 aromatic carbocycles. The third kappa shape index (κ3) is 7.42. The van der Waals surface area contributed by atoms with E-state index in [1.165, 1.54) is 23.0 Å². The fraction of sp³-hybridized carbons (Fsp3) is 0.375. The van der Waals surface area contributed by atoms with E-state index in [9.17, 15) is 14.4 Å². The first-order valence-electron chi connectivity index (χ1n) is 14.4. The first-order chi connectivity index (χ1) is 21.7. The summed E-state index contributed by atoms with van der Waals surface area (Å²) in [6.07, 6.45) is 1.75. The Morgan fingerprint density at radius 2 is 1.58 bits per heavy atom. The number of carbonyl (C=O) groups excluding carboxylic acids is 2. The van der Waals surface area contributed by atoms with Gasteiger partial charge in [-0.25, -0.2) is 14.6 Å². The van der Waals surface area contributed by atoms with Crippen LogP contribution in [0.15, 0.2) is 55.9 Å². The number of methoxy groups -OCH3 is 1. The summed E-state index contributed by atoms with van der Waals surface area (Å²) in [5.74, 6) is 0.645. The molecule has 1 aliphatic heterocycles. The number of thiazole rings is 1. The van der Waals surface area contributed by atoms with E-state index in [1.807, 2.05) is 32.9 Å². The lowest BCUT2D eigenvalue weighted by Crippen LogP contribution is -2.40. The summed E-state index contributed by atoms with van der Waals surface area (Å²) in [5.41, 5.74) is 1.57. The van der Waals surface area contributed by atoms with Crippen LogP contribution in [0.2, 0.25) is 0 Å². The second kappa shape index (κ2) is 15.3. The van der Waals surface area contributed by atoms with Gasteiger partial charge >= 0.3 is 11.9 Å². The van der Waals surface area contributed by atoms with Crippen LogP contribution in [0.4, 0.5) is 0 Å². The van der Waals surface area contributed by atoms with Crippen molar-refractivity contribution in [1.29, 1.82) is 0 Å². The number of fused-ring (bicyclic) bond motifs is 1. The highest BCUT2D eigenvalue weighted by molar-refractivity contribution is 9.10. The number of rotatable bonds is 13. The zero-order valence-corrected chi connectivity index (χ0v) is 28.3. The van der Waals surface area contributed by atoms with Crippen molar-refractivity contribution in [1.82, 2.24) is 4.57 Å². The first kappa shape index (κ1) is 33.8. The standard InChI is InChI=1S/C32H35BrN2O9S/c1-7-40-23-13-19(11-12-22(23)44-17-27(36)39-6)29-28(31(38)43-10-4)18(5)34-32-35(29)30(37)26(45-32)15-20-14-24(41-8-2)25(42-9-3)16-21(20)33/h11-16,29H,7-10,17H2,1-6H3/b26-15-/t29-/m1/s1. The summed E-state index contributed by atoms with van der Waals surface area (Å²) in [4.78, 5) is 44.2. The average Bonchev–Trinajstić information content (AvgIpc) is 3.32. The van der Waals surface area contributed by atoms with Gasteiger partial charge in [0.2, 0.25) is 0 Å². The topological polar surface area (TPSA) is 124 Å². The summed E-state index contributed by atoms with van der Waals surface area (Å²) in [6, 6.07) is 7.77. The Labute approximate surface area is 272 Å². The molecule has 0 unspecified atom stereocenters. The van der Waals surface area contributed by atoms with E-state index in [2.05, 4.69) is 25.7 Å². The van der Waals surface area contributed by atoms with E-state index in [4.69, 9.17) is 23.7 Å². The van der Waals surface area contributed by atoms with E-state index in [1.54, 1.807) is 38.1 Å². The molecule has 0 spiro atoms. The van der Waals surface area contributed by atoms with Crippen molar-refractivity contribution in [3.63, 3.8) is 0 Å². The van der Waals surface area contributed by atoms with Gasteiger partial charge in [-0.1, -0.05) is 33.3 Å². The number of esters is 2. The molecule has 1 aromatic heterocycles. The molecule has 3 aromatic rings. The van der Waals surface area contributed by atoms with Crippen molar-refractivity contribution in [3.8, 4) is 23.0 Å². The minimum Gasteiger partial charge on any atom is -0.490 e. The molecule has 45 heavy (non-hydrogen) atoms. The predicted molar refractivity (Wildman–Crippen MR) is 172 cm³/mol. The number of allylic oxidation sites excluding steroid dienone is 1. The van der Waals surface area contributed by atoms with E-state index in [0.717, 1.165) is 0 Å². The summed E-state index contributed by atoms with van der Waals surface area (Å²) in [5, 5.41) is 0. The Hall–Kier alpha value is -4.10. The Balaban J connectivity index is 1.91. The van der Waals surface area contributed by atoms with Crippen LogP contribution in [-0.2, 0) is 19.1 Å². The van der Waals surface area contributed by atoms with Gasteiger partial charge in [0.1, 0.15) is 0 Å². The Morgan fingerprint density at radius 3 is 2.20 bits per heavy atom. The lowest BCUT2D eigenvalue weighted by Gasteiger charge is -2.25. The number of hydrogen-bond donors (Lipinski definition) is 0. The maximum Gasteiger partial charge on any atom is 0.343 e. The normalized spacial score (nSPS) is 14.4. The highest BCUT2D eigenvalue weighted by atomic mass is 79.9. The summed E-state index contributed by atoms with van der Waals surface area (Å²) < 4.78 is 35.7. The SMILES string of the molecule is CCOC(=O)C1=C(C)N=c2s/c(=C\c3cc(OCC)c(OCC)cc3Br)c(=O)n2[C@@H]1c1ccc(OCC(=O)OC)c(OCC)c1. The highest BCUT2D eigenvalue weighted by Gasteiger charge is 2.34. The van der Waals surface area contributed by atoms with E-state index >= 15 is 0 Å². The summed E-state index contributed by atoms with van der Waals surface area (Å²) in [6.45, 7) is 10.1. The van der Waals surface area contributed by atoms with E-state index in [-0.39, 0.29) is 24.3 Å².